The molecule has 2 amide bonds. The van der Waals surface area contributed by atoms with Crippen molar-refractivity contribution in [2.24, 2.45) is 5.16 Å². The van der Waals surface area contributed by atoms with E-state index < -0.39 is 11.8 Å². The van der Waals surface area contributed by atoms with E-state index >= 15 is 0 Å². The number of aromatic nitrogens is 5. The van der Waals surface area contributed by atoms with Crippen LogP contribution in [0.25, 0.3) is 5.78 Å². The van der Waals surface area contributed by atoms with Crippen LogP contribution in [0.1, 0.15) is 67.7 Å². The van der Waals surface area contributed by atoms with Crippen molar-refractivity contribution >= 4 is 23.3 Å². The minimum atomic E-state index is -0.517. The second-order valence-corrected chi connectivity index (χ2v) is 9.51. The third-order valence-electron chi connectivity index (χ3n) is 6.82. The van der Waals surface area contributed by atoms with Gasteiger partial charge >= 0.3 is 0 Å². The molecule has 2 aliphatic rings. The number of tetrazole rings is 1. The highest BCUT2D eigenvalue weighted by Crippen LogP contribution is 2.33. The van der Waals surface area contributed by atoms with Crippen LogP contribution in [-0.4, -0.2) is 42.6 Å². The molecule has 0 saturated carbocycles. The molecule has 0 radical (unpaired) electrons. The quantitative estimate of drug-likeness (QED) is 0.394. The number of oxime groups is 1. The monoisotopic (exact) mass is 526 g/mol. The molecule has 4 aromatic rings. The van der Waals surface area contributed by atoms with Gasteiger partial charge in [-0.15, -0.1) is 0 Å². The summed E-state index contributed by atoms with van der Waals surface area (Å²) in [6.07, 6.45) is 2.08. The summed E-state index contributed by atoms with van der Waals surface area (Å²) in [5.41, 5.74) is 5.20. The average molecular weight is 527 g/mol. The van der Waals surface area contributed by atoms with Crippen LogP contribution < -0.4 is 10.6 Å². The Bertz CT molecular complexity index is 1700. The SMILES string of the molecule is C=C1CC(c2ccc3c(c2)CC[C@@H]3NC(=O)c2cc(C(=O)NCc3ccc(F)c(C)c3)nc3nnnn23)=NO1. The Morgan fingerprint density at radius 2 is 2.05 bits per heavy atom. The number of aryl methyl sites for hydroxylation is 2. The van der Waals surface area contributed by atoms with Crippen molar-refractivity contribution in [2.75, 3.05) is 0 Å². The predicted molar refractivity (Wildman–Crippen MR) is 137 cm³/mol. The molecule has 2 N–H and O–H groups in total. The third-order valence-corrected chi connectivity index (χ3v) is 6.82. The standard InChI is InChI=1S/C27H23FN8O3/c1-14-9-16(3-7-20(14)28)13-29-25(37)23-12-24(36-27(31-23)32-34-35-36)26(38)30-21-8-5-17-11-18(4-6-19(17)21)22-10-15(2)39-33-22/h3-4,6-7,9,11-12,21H,2,5,8,10,13H2,1H3,(H,29,37)(H,30,38)/t21-/m0/s1. The van der Waals surface area contributed by atoms with Gasteiger partial charge in [0.1, 0.15) is 23.0 Å². The Morgan fingerprint density at radius 1 is 1.18 bits per heavy atom. The molecular formula is C27H23FN8O3. The summed E-state index contributed by atoms with van der Waals surface area (Å²) < 4.78 is 14.7. The number of rotatable bonds is 6. The lowest BCUT2D eigenvalue weighted by Crippen LogP contribution is -2.30. The lowest BCUT2D eigenvalue weighted by Gasteiger charge is -2.15. The van der Waals surface area contributed by atoms with Gasteiger partial charge in [-0.3, -0.25) is 9.59 Å². The van der Waals surface area contributed by atoms with E-state index in [4.69, 9.17) is 4.84 Å². The lowest BCUT2D eigenvalue weighted by atomic mass is 10.0. The molecule has 12 heteroatoms. The molecule has 0 spiro atoms. The third kappa shape index (κ3) is 4.72. The number of hydrogen-bond donors (Lipinski definition) is 2. The fourth-order valence-corrected chi connectivity index (χ4v) is 4.81. The van der Waals surface area contributed by atoms with Crippen molar-refractivity contribution in [1.29, 1.82) is 0 Å². The summed E-state index contributed by atoms with van der Waals surface area (Å²) in [7, 11) is 0. The average Bonchev–Trinajstić information content (AvgIpc) is 3.68. The molecule has 11 nitrogen and oxygen atoms in total. The molecule has 1 atom stereocenters. The van der Waals surface area contributed by atoms with Gasteiger partial charge in [-0.25, -0.2) is 9.37 Å². The first kappa shape index (κ1) is 24.3. The molecule has 0 saturated heterocycles. The van der Waals surface area contributed by atoms with Gasteiger partial charge in [-0.05, 0) is 64.6 Å². The number of benzene rings is 2. The number of hydrogen-bond acceptors (Lipinski definition) is 8. The molecule has 1 aliphatic carbocycles. The smallest absolute Gasteiger partial charge is 0.274 e. The van der Waals surface area contributed by atoms with E-state index in [1.807, 2.05) is 12.1 Å². The summed E-state index contributed by atoms with van der Waals surface area (Å²) in [5.74, 6) is -0.647. The van der Waals surface area contributed by atoms with Crippen molar-refractivity contribution in [3.8, 4) is 0 Å². The molecule has 39 heavy (non-hydrogen) atoms. The Labute approximate surface area is 221 Å². The van der Waals surface area contributed by atoms with E-state index in [-0.39, 0.29) is 35.6 Å². The van der Waals surface area contributed by atoms with E-state index in [9.17, 15) is 14.0 Å². The Hall–Kier alpha value is -5.00. The number of allylic oxidation sites excluding steroid dienone is 1. The minimum absolute atomic E-state index is 0.0149. The number of amides is 2. The van der Waals surface area contributed by atoms with Crippen LogP contribution in [0.3, 0.4) is 0 Å². The Kier molecular flexibility index (Phi) is 6.06. The van der Waals surface area contributed by atoms with Crippen LogP contribution in [0, 0.1) is 12.7 Å². The molecule has 3 heterocycles. The normalized spacial score (nSPS) is 16.1. The minimum Gasteiger partial charge on any atom is -0.361 e. The molecule has 1 aliphatic heterocycles. The molecule has 6 rings (SSSR count). The number of carbonyl (C=O) groups is 2. The maximum atomic E-state index is 13.6. The van der Waals surface area contributed by atoms with E-state index in [0.717, 1.165) is 34.4 Å². The van der Waals surface area contributed by atoms with Crippen LogP contribution in [0.15, 0.2) is 60.0 Å². The van der Waals surface area contributed by atoms with E-state index in [1.54, 1.807) is 19.1 Å². The first-order valence-electron chi connectivity index (χ1n) is 12.3. The van der Waals surface area contributed by atoms with Crippen LogP contribution in [0.2, 0.25) is 0 Å². The zero-order valence-electron chi connectivity index (χ0n) is 20.9. The molecule has 2 aromatic carbocycles. The maximum Gasteiger partial charge on any atom is 0.274 e. The number of halogens is 1. The van der Waals surface area contributed by atoms with Crippen molar-refractivity contribution in [2.45, 2.75) is 38.8 Å². The maximum absolute atomic E-state index is 13.6. The molecule has 2 aromatic heterocycles. The zero-order chi connectivity index (χ0) is 27.1. The topological polar surface area (TPSA) is 136 Å². The van der Waals surface area contributed by atoms with Crippen LogP contribution in [0.5, 0.6) is 0 Å². The molecule has 0 unspecified atom stereocenters. The summed E-state index contributed by atoms with van der Waals surface area (Å²) in [6.45, 7) is 5.61. The highest BCUT2D eigenvalue weighted by molar-refractivity contribution is 6.02. The lowest BCUT2D eigenvalue weighted by molar-refractivity contribution is 0.0928. The largest absolute Gasteiger partial charge is 0.361 e. The van der Waals surface area contributed by atoms with E-state index in [1.165, 1.54) is 16.6 Å². The van der Waals surface area contributed by atoms with Gasteiger partial charge in [0.15, 0.2) is 0 Å². The Morgan fingerprint density at radius 3 is 2.85 bits per heavy atom. The summed E-state index contributed by atoms with van der Waals surface area (Å²) in [5, 5.41) is 21.2. The molecule has 0 bridgehead atoms. The van der Waals surface area contributed by atoms with E-state index in [2.05, 4.69) is 48.9 Å². The molecular weight excluding hydrogens is 503 g/mol. The summed E-state index contributed by atoms with van der Waals surface area (Å²) in [4.78, 5) is 35.6. The first-order valence-corrected chi connectivity index (χ1v) is 12.3. The predicted octanol–water partition coefficient (Wildman–Crippen LogP) is 2.95. The van der Waals surface area contributed by atoms with Gasteiger partial charge in [-0.1, -0.05) is 41.1 Å². The van der Waals surface area contributed by atoms with Crippen molar-refractivity contribution in [3.63, 3.8) is 0 Å². The van der Waals surface area contributed by atoms with Gasteiger partial charge in [-0.2, -0.15) is 4.52 Å². The fourth-order valence-electron chi connectivity index (χ4n) is 4.81. The van der Waals surface area contributed by atoms with Crippen LogP contribution in [-0.2, 0) is 17.8 Å². The van der Waals surface area contributed by atoms with Crippen molar-refractivity contribution in [1.82, 2.24) is 35.7 Å². The van der Waals surface area contributed by atoms with Gasteiger partial charge < -0.3 is 15.5 Å². The summed E-state index contributed by atoms with van der Waals surface area (Å²) in [6, 6.07) is 11.7. The van der Waals surface area contributed by atoms with Gasteiger partial charge in [0.2, 0.25) is 0 Å². The van der Waals surface area contributed by atoms with Gasteiger partial charge in [0, 0.05) is 18.2 Å². The number of carbonyl (C=O) groups excluding carboxylic acids is 2. The van der Waals surface area contributed by atoms with Crippen LogP contribution >= 0.6 is 0 Å². The van der Waals surface area contributed by atoms with Gasteiger partial charge in [0.05, 0.1) is 18.2 Å². The molecule has 0 fully saturated rings. The highest BCUT2D eigenvalue weighted by Gasteiger charge is 2.28. The van der Waals surface area contributed by atoms with Gasteiger partial charge in [0.25, 0.3) is 17.6 Å². The highest BCUT2D eigenvalue weighted by atomic mass is 19.1. The first-order chi connectivity index (χ1) is 18.9. The number of nitrogens with zero attached hydrogens (tertiary/aromatic N) is 6. The van der Waals surface area contributed by atoms with Crippen molar-refractivity contribution < 1.29 is 18.8 Å². The number of fused-ring (bicyclic) bond motifs is 2. The second kappa shape index (κ2) is 9.71. The fraction of sp³-hybridized carbons (Fsp3) is 0.222. The summed E-state index contributed by atoms with van der Waals surface area (Å²) >= 11 is 0. The Balaban J connectivity index is 1.20. The molecule has 196 valence electrons. The second-order valence-electron chi connectivity index (χ2n) is 9.51. The number of nitrogens with one attached hydrogen (secondary N) is 2. The van der Waals surface area contributed by atoms with E-state index in [0.29, 0.717) is 24.2 Å². The van der Waals surface area contributed by atoms with Crippen molar-refractivity contribution in [3.05, 3.63) is 99.8 Å². The van der Waals surface area contributed by atoms with Crippen LogP contribution in [0.4, 0.5) is 4.39 Å². The zero-order valence-corrected chi connectivity index (χ0v) is 20.9.